The molecule has 0 N–H and O–H groups in total. The van der Waals surface area contributed by atoms with Gasteiger partial charge in [-0.2, -0.15) is 0 Å². The summed E-state index contributed by atoms with van der Waals surface area (Å²) in [7, 11) is 0. The summed E-state index contributed by atoms with van der Waals surface area (Å²) in [6, 6.07) is 22.0. The monoisotopic (exact) mass is 375 g/mol. The van der Waals surface area contributed by atoms with Gasteiger partial charge >= 0.3 is 0 Å². The Morgan fingerprint density at radius 3 is 2.36 bits per heavy atom. The van der Waals surface area contributed by atoms with Crippen LogP contribution in [0.2, 0.25) is 0 Å². The highest BCUT2D eigenvalue weighted by molar-refractivity contribution is 5.94. The normalized spacial score (nSPS) is 19.6. The van der Waals surface area contributed by atoms with E-state index in [-0.39, 0.29) is 18.1 Å². The molecule has 1 fully saturated rings. The first-order chi connectivity index (χ1) is 13.6. The van der Waals surface area contributed by atoms with Gasteiger partial charge in [-0.05, 0) is 54.4 Å². The van der Waals surface area contributed by atoms with E-state index in [0.29, 0.717) is 25.3 Å². The van der Waals surface area contributed by atoms with Crippen molar-refractivity contribution in [1.82, 2.24) is 4.90 Å². The molecular weight excluding hydrogens is 350 g/mol. The molecule has 0 aromatic heterocycles. The zero-order valence-corrected chi connectivity index (χ0v) is 16.3. The van der Waals surface area contributed by atoms with Crippen molar-refractivity contribution in [1.29, 1.82) is 0 Å². The van der Waals surface area contributed by atoms with Gasteiger partial charge in [-0.3, -0.25) is 4.79 Å². The predicted molar refractivity (Wildman–Crippen MR) is 111 cm³/mol. The number of amides is 1. The number of fused-ring (bicyclic) bond motifs is 1. The number of morpholine rings is 1. The Labute approximate surface area is 165 Å². The molecule has 2 atom stereocenters. The van der Waals surface area contributed by atoms with Crippen LogP contribution in [-0.4, -0.2) is 36.1 Å². The summed E-state index contributed by atoms with van der Waals surface area (Å²) >= 11 is 0. The molecule has 4 heteroatoms. The Morgan fingerprint density at radius 2 is 1.64 bits per heavy atom. The Kier molecular flexibility index (Phi) is 5.31. The Balaban J connectivity index is 1.39. The number of carbonyl (C=O) groups excluding carboxylic acids is 1. The maximum Gasteiger partial charge on any atom is 0.254 e. The average Bonchev–Trinajstić information content (AvgIpc) is 2.71. The van der Waals surface area contributed by atoms with E-state index < -0.39 is 0 Å². The Morgan fingerprint density at radius 1 is 0.964 bits per heavy atom. The number of rotatable bonds is 4. The molecule has 0 unspecified atom stereocenters. The molecule has 0 bridgehead atoms. The van der Waals surface area contributed by atoms with Crippen LogP contribution < -0.4 is 4.74 Å². The molecule has 0 saturated carbocycles. The lowest BCUT2D eigenvalue weighted by Gasteiger charge is -2.35. The lowest BCUT2D eigenvalue weighted by molar-refractivity contribution is -0.0586. The van der Waals surface area contributed by atoms with Crippen LogP contribution in [0.1, 0.15) is 29.8 Å². The summed E-state index contributed by atoms with van der Waals surface area (Å²) in [4.78, 5) is 14.6. The van der Waals surface area contributed by atoms with Crippen LogP contribution in [-0.2, 0) is 11.3 Å². The van der Waals surface area contributed by atoms with E-state index in [9.17, 15) is 4.79 Å². The number of carbonyl (C=O) groups is 1. The molecule has 1 amide bonds. The third-order valence-electron chi connectivity index (χ3n) is 5.03. The molecule has 1 aliphatic heterocycles. The summed E-state index contributed by atoms with van der Waals surface area (Å²) in [5, 5.41) is 2.36. The van der Waals surface area contributed by atoms with Gasteiger partial charge < -0.3 is 14.4 Å². The van der Waals surface area contributed by atoms with Gasteiger partial charge in [0.15, 0.2) is 0 Å². The minimum Gasteiger partial charge on any atom is -0.489 e. The molecule has 3 aromatic rings. The second kappa shape index (κ2) is 8.03. The molecule has 1 saturated heterocycles. The first-order valence-corrected chi connectivity index (χ1v) is 9.74. The lowest BCUT2D eigenvalue weighted by atomic mass is 10.1. The van der Waals surface area contributed by atoms with Crippen LogP contribution >= 0.6 is 0 Å². The second-order valence-corrected chi connectivity index (χ2v) is 7.46. The molecule has 1 aliphatic rings. The van der Waals surface area contributed by atoms with Crippen molar-refractivity contribution >= 4 is 16.7 Å². The fourth-order valence-electron chi connectivity index (χ4n) is 3.69. The molecule has 144 valence electrons. The van der Waals surface area contributed by atoms with Crippen molar-refractivity contribution in [2.75, 3.05) is 13.1 Å². The molecule has 0 spiro atoms. The van der Waals surface area contributed by atoms with Crippen molar-refractivity contribution in [2.45, 2.75) is 32.7 Å². The molecule has 3 aromatic carbocycles. The van der Waals surface area contributed by atoms with Crippen LogP contribution in [0, 0.1) is 0 Å². The maximum atomic E-state index is 12.7. The van der Waals surface area contributed by atoms with E-state index in [4.69, 9.17) is 9.47 Å². The molecular formula is C24H25NO3. The minimum atomic E-state index is 0.0593. The van der Waals surface area contributed by atoms with Crippen molar-refractivity contribution in [3.05, 3.63) is 77.9 Å². The lowest BCUT2D eigenvalue weighted by Crippen LogP contribution is -2.48. The van der Waals surface area contributed by atoms with E-state index in [1.165, 1.54) is 5.39 Å². The van der Waals surface area contributed by atoms with Gasteiger partial charge in [-0.1, -0.05) is 42.5 Å². The fourth-order valence-corrected chi connectivity index (χ4v) is 3.69. The van der Waals surface area contributed by atoms with Crippen LogP contribution in [0.5, 0.6) is 5.75 Å². The largest absolute Gasteiger partial charge is 0.489 e. The second-order valence-electron chi connectivity index (χ2n) is 7.46. The highest BCUT2D eigenvalue weighted by atomic mass is 16.5. The first kappa shape index (κ1) is 18.5. The van der Waals surface area contributed by atoms with Gasteiger partial charge in [-0.15, -0.1) is 0 Å². The molecule has 1 heterocycles. The van der Waals surface area contributed by atoms with Crippen LogP contribution in [0.3, 0.4) is 0 Å². The van der Waals surface area contributed by atoms with Crippen molar-refractivity contribution in [3.63, 3.8) is 0 Å². The molecule has 28 heavy (non-hydrogen) atoms. The molecule has 4 rings (SSSR count). The van der Waals surface area contributed by atoms with Crippen LogP contribution in [0.25, 0.3) is 10.8 Å². The van der Waals surface area contributed by atoms with E-state index in [1.54, 1.807) is 0 Å². The van der Waals surface area contributed by atoms with Crippen molar-refractivity contribution < 1.29 is 14.3 Å². The minimum absolute atomic E-state index is 0.0593. The number of nitrogens with zero attached hydrogens (tertiary/aromatic N) is 1. The summed E-state index contributed by atoms with van der Waals surface area (Å²) in [6.07, 6.45) is 0.143. The van der Waals surface area contributed by atoms with Gasteiger partial charge in [0, 0.05) is 18.7 Å². The van der Waals surface area contributed by atoms with Gasteiger partial charge in [0.1, 0.15) is 12.4 Å². The third kappa shape index (κ3) is 4.18. The van der Waals surface area contributed by atoms with Gasteiger partial charge in [0.25, 0.3) is 5.91 Å². The number of benzene rings is 3. The summed E-state index contributed by atoms with van der Waals surface area (Å²) in [5.74, 6) is 0.902. The highest BCUT2D eigenvalue weighted by Gasteiger charge is 2.26. The standard InChI is InChI=1S/C24H25NO3/c1-17-14-25(15-18(2)28-17)24(26)21-9-7-19(8-10-21)16-27-23-12-11-20-5-3-4-6-22(20)13-23/h3-13,17-18H,14-16H2,1-2H3/t17-,18+. The number of hydrogen-bond acceptors (Lipinski definition) is 3. The Hall–Kier alpha value is -2.85. The topological polar surface area (TPSA) is 38.8 Å². The summed E-state index contributed by atoms with van der Waals surface area (Å²) < 4.78 is 11.6. The SMILES string of the molecule is C[C@@H]1CN(C(=O)c2ccc(COc3ccc4ccccc4c3)cc2)C[C@H](C)O1. The Bertz CT molecular complexity index is 957. The van der Waals surface area contributed by atoms with Gasteiger partial charge in [0.05, 0.1) is 12.2 Å². The number of hydrogen-bond donors (Lipinski definition) is 0. The summed E-state index contributed by atoms with van der Waals surface area (Å²) in [6.45, 7) is 5.75. The average molecular weight is 375 g/mol. The molecule has 0 radical (unpaired) electrons. The van der Waals surface area contributed by atoms with Gasteiger partial charge in [0.2, 0.25) is 0 Å². The van der Waals surface area contributed by atoms with Crippen molar-refractivity contribution in [2.24, 2.45) is 0 Å². The quantitative estimate of drug-likeness (QED) is 0.665. The third-order valence-corrected chi connectivity index (χ3v) is 5.03. The first-order valence-electron chi connectivity index (χ1n) is 9.74. The van der Waals surface area contributed by atoms with Crippen molar-refractivity contribution in [3.8, 4) is 5.75 Å². The van der Waals surface area contributed by atoms with E-state index in [1.807, 2.05) is 67.3 Å². The van der Waals surface area contributed by atoms with Crippen LogP contribution in [0.4, 0.5) is 0 Å². The fraction of sp³-hybridized carbons (Fsp3) is 0.292. The van der Waals surface area contributed by atoms with E-state index in [2.05, 4.69) is 18.2 Å². The summed E-state index contributed by atoms with van der Waals surface area (Å²) in [5.41, 5.74) is 1.74. The van der Waals surface area contributed by atoms with E-state index in [0.717, 1.165) is 16.7 Å². The molecule has 4 nitrogen and oxygen atoms in total. The molecule has 0 aliphatic carbocycles. The highest BCUT2D eigenvalue weighted by Crippen LogP contribution is 2.22. The number of ether oxygens (including phenoxy) is 2. The smallest absolute Gasteiger partial charge is 0.254 e. The van der Waals surface area contributed by atoms with Gasteiger partial charge in [-0.25, -0.2) is 0 Å². The maximum absolute atomic E-state index is 12.7. The van der Waals surface area contributed by atoms with E-state index >= 15 is 0 Å². The zero-order valence-electron chi connectivity index (χ0n) is 16.3. The predicted octanol–water partition coefficient (Wildman–Crippen LogP) is 4.67. The van der Waals surface area contributed by atoms with Crippen LogP contribution in [0.15, 0.2) is 66.7 Å². The zero-order chi connectivity index (χ0) is 19.5.